The van der Waals surface area contributed by atoms with Crippen LogP contribution in [0.4, 0.5) is 0 Å². The van der Waals surface area contributed by atoms with Gasteiger partial charge in [-0.1, -0.05) is 19.1 Å². The van der Waals surface area contributed by atoms with Crippen molar-refractivity contribution < 1.29 is 9.90 Å². The molecule has 0 aliphatic carbocycles. The number of carbonyl (C=O) groups is 1. The summed E-state index contributed by atoms with van der Waals surface area (Å²) in [6.45, 7) is 1.97. The number of benzene rings is 1. The average Bonchev–Trinajstić information content (AvgIpc) is 2.28. The number of fused-ring (bicyclic) bond motifs is 1. The Balaban J connectivity index is 2.88. The van der Waals surface area contributed by atoms with Crippen molar-refractivity contribution in [1.82, 2.24) is 4.98 Å². The molecule has 4 heteroatoms. The molecule has 1 aromatic carbocycles. The number of hydrogen-bond acceptors (Lipinski definition) is 2. The number of aromatic amines is 1. The van der Waals surface area contributed by atoms with Crippen LogP contribution in [0.15, 0.2) is 29.1 Å². The second-order valence-corrected chi connectivity index (χ2v) is 3.55. The molecule has 1 aromatic heterocycles. The number of carboxylic acids is 1. The molecule has 1 heterocycles. The Kier molecular flexibility index (Phi) is 2.48. The first-order valence-corrected chi connectivity index (χ1v) is 5.01. The Morgan fingerprint density at radius 1 is 1.38 bits per heavy atom. The number of aryl methyl sites for hydroxylation is 1. The first-order valence-electron chi connectivity index (χ1n) is 5.01. The summed E-state index contributed by atoms with van der Waals surface area (Å²) < 4.78 is 0. The Morgan fingerprint density at radius 2 is 2.12 bits per heavy atom. The molecule has 0 fully saturated rings. The predicted molar refractivity (Wildman–Crippen MR) is 60.9 cm³/mol. The average molecular weight is 217 g/mol. The third-order valence-corrected chi connectivity index (χ3v) is 2.59. The summed E-state index contributed by atoms with van der Waals surface area (Å²) in [6.07, 6.45) is 0.764. The van der Waals surface area contributed by atoms with Gasteiger partial charge in [0, 0.05) is 5.39 Å². The summed E-state index contributed by atoms with van der Waals surface area (Å²) in [4.78, 5) is 24.8. The van der Waals surface area contributed by atoms with Crippen LogP contribution in [0.25, 0.3) is 10.8 Å². The van der Waals surface area contributed by atoms with Crippen LogP contribution in [0.3, 0.4) is 0 Å². The van der Waals surface area contributed by atoms with Gasteiger partial charge in [0.15, 0.2) is 0 Å². The highest BCUT2D eigenvalue weighted by Crippen LogP contribution is 2.16. The van der Waals surface area contributed by atoms with Crippen molar-refractivity contribution in [2.45, 2.75) is 13.3 Å². The van der Waals surface area contributed by atoms with E-state index in [9.17, 15) is 9.59 Å². The van der Waals surface area contributed by atoms with E-state index in [1.165, 1.54) is 6.07 Å². The molecule has 4 nitrogen and oxygen atoms in total. The van der Waals surface area contributed by atoms with Crippen molar-refractivity contribution in [3.63, 3.8) is 0 Å². The maximum atomic E-state index is 11.7. The molecule has 2 aromatic rings. The van der Waals surface area contributed by atoms with E-state index in [2.05, 4.69) is 4.98 Å². The van der Waals surface area contributed by atoms with Crippen LogP contribution in [-0.2, 0) is 6.42 Å². The summed E-state index contributed by atoms with van der Waals surface area (Å²) in [5, 5.41) is 10.1. The van der Waals surface area contributed by atoms with E-state index < -0.39 is 5.97 Å². The molecule has 0 radical (unpaired) electrons. The molecule has 2 N–H and O–H groups in total. The molecule has 0 amide bonds. The van der Waals surface area contributed by atoms with E-state index >= 15 is 0 Å². The lowest BCUT2D eigenvalue weighted by atomic mass is 10.0. The van der Waals surface area contributed by atoms with Gasteiger partial charge in [0.25, 0.3) is 5.56 Å². The minimum atomic E-state index is -1.12. The highest BCUT2D eigenvalue weighted by Gasteiger charge is 2.09. The minimum Gasteiger partial charge on any atom is -0.477 e. The van der Waals surface area contributed by atoms with Crippen LogP contribution in [0, 0.1) is 0 Å². The van der Waals surface area contributed by atoms with Gasteiger partial charge >= 0.3 is 5.97 Å². The van der Waals surface area contributed by atoms with E-state index in [-0.39, 0.29) is 11.3 Å². The van der Waals surface area contributed by atoms with Crippen LogP contribution in [0.1, 0.15) is 23.0 Å². The zero-order chi connectivity index (χ0) is 11.7. The fraction of sp³-hybridized carbons (Fsp3) is 0.167. The van der Waals surface area contributed by atoms with Crippen LogP contribution >= 0.6 is 0 Å². The molecule has 0 bridgehead atoms. The maximum absolute atomic E-state index is 11.7. The topological polar surface area (TPSA) is 70.2 Å². The molecule has 0 spiro atoms. The zero-order valence-electron chi connectivity index (χ0n) is 8.78. The second kappa shape index (κ2) is 3.81. The lowest BCUT2D eigenvalue weighted by molar-refractivity contribution is 0.0690. The third kappa shape index (κ3) is 1.58. The summed E-state index contributed by atoms with van der Waals surface area (Å²) >= 11 is 0. The monoisotopic (exact) mass is 217 g/mol. The number of pyridine rings is 1. The van der Waals surface area contributed by atoms with Crippen LogP contribution < -0.4 is 5.56 Å². The van der Waals surface area contributed by atoms with Gasteiger partial charge in [-0.05, 0) is 29.5 Å². The number of carboxylic acid groups (broad SMARTS) is 1. The molecule has 0 aliphatic heterocycles. The number of H-pyrrole nitrogens is 1. The molecule has 0 saturated carbocycles. The fourth-order valence-electron chi connectivity index (χ4n) is 1.78. The van der Waals surface area contributed by atoms with Gasteiger partial charge in [-0.3, -0.25) is 4.79 Å². The molecule has 82 valence electrons. The lowest BCUT2D eigenvalue weighted by Crippen LogP contribution is -2.13. The lowest BCUT2D eigenvalue weighted by Gasteiger charge is -2.04. The number of nitrogens with one attached hydrogen (secondary N) is 1. The summed E-state index contributed by atoms with van der Waals surface area (Å²) in [6, 6.07) is 6.90. The van der Waals surface area contributed by atoms with Crippen LogP contribution in [-0.4, -0.2) is 16.1 Å². The van der Waals surface area contributed by atoms with Gasteiger partial charge in [-0.2, -0.15) is 0 Å². The fourth-order valence-corrected chi connectivity index (χ4v) is 1.78. The number of aromatic nitrogens is 1. The molecular weight excluding hydrogens is 206 g/mol. The zero-order valence-corrected chi connectivity index (χ0v) is 8.78. The largest absolute Gasteiger partial charge is 0.477 e. The van der Waals surface area contributed by atoms with Crippen molar-refractivity contribution in [3.8, 4) is 0 Å². The Morgan fingerprint density at radius 3 is 2.75 bits per heavy atom. The first kappa shape index (κ1) is 10.4. The minimum absolute atomic E-state index is 0.0709. The smallest absolute Gasteiger partial charge is 0.352 e. The van der Waals surface area contributed by atoms with E-state index in [0.29, 0.717) is 10.8 Å². The molecule has 0 unspecified atom stereocenters. The molecule has 2 rings (SSSR count). The van der Waals surface area contributed by atoms with Crippen molar-refractivity contribution in [3.05, 3.63) is 45.9 Å². The van der Waals surface area contributed by atoms with E-state index in [4.69, 9.17) is 5.11 Å². The highest BCUT2D eigenvalue weighted by molar-refractivity contribution is 5.93. The normalized spacial score (nSPS) is 10.6. The summed E-state index contributed by atoms with van der Waals surface area (Å²) in [5.41, 5.74) is 0.551. The van der Waals surface area contributed by atoms with Gasteiger partial charge in [0.05, 0.1) is 0 Å². The first-order chi connectivity index (χ1) is 7.63. The number of hydrogen-bond donors (Lipinski definition) is 2. The molecule has 16 heavy (non-hydrogen) atoms. The summed E-state index contributed by atoms with van der Waals surface area (Å²) in [7, 11) is 0. The van der Waals surface area contributed by atoms with Gasteiger partial charge in [0.1, 0.15) is 5.69 Å². The van der Waals surface area contributed by atoms with E-state index in [1.54, 1.807) is 12.1 Å². The highest BCUT2D eigenvalue weighted by atomic mass is 16.4. The van der Waals surface area contributed by atoms with Crippen LogP contribution in [0.5, 0.6) is 0 Å². The number of rotatable bonds is 2. The molecule has 0 saturated heterocycles. The Hall–Kier alpha value is -2.10. The SMILES string of the molecule is CCc1cccc2c(=O)[nH]c(C(=O)O)cc12. The van der Waals surface area contributed by atoms with Crippen molar-refractivity contribution in [1.29, 1.82) is 0 Å². The van der Waals surface area contributed by atoms with Crippen molar-refractivity contribution in [2.75, 3.05) is 0 Å². The van der Waals surface area contributed by atoms with Crippen LogP contribution in [0.2, 0.25) is 0 Å². The second-order valence-electron chi connectivity index (χ2n) is 3.55. The Bertz CT molecular complexity index is 613. The van der Waals surface area contributed by atoms with Gasteiger partial charge in [-0.25, -0.2) is 4.79 Å². The summed E-state index contributed by atoms with van der Waals surface area (Å²) in [5.74, 6) is -1.12. The van der Waals surface area contributed by atoms with Gasteiger partial charge < -0.3 is 10.1 Å². The maximum Gasteiger partial charge on any atom is 0.352 e. The molecular formula is C12H11NO3. The standard InChI is InChI=1S/C12H11NO3/c1-2-7-4-3-5-8-9(7)6-10(12(15)16)13-11(8)14/h3-6H,2H2,1H3,(H,13,14)(H,15,16). The van der Waals surface area contributed by atoms with Gasteiger partial charge in [0.2, 0.25) is 0 Å². The molecule has 0 aliphatic rings. The Labute approximate surface area is 91.5 Å². The van der Waals surface area contributed by atoms with Gasteiger partial charge in [-0.15, -0.1) is 0 Å². The van der Waals surface area contributed by atoms with E-state index in [1.807, 2.05) is 13.0 Å². The van der Waals surface area contributed by atoms with Crippen molar-refractivity contribution in [2.24, 2.45) is 0 Å². The predicted octanol–water partition coefficient (Wildman–Crippen LogP) is 1.79. The quantitative estimate of drug-likeness (QED) is 0.805. The third-order valence-electron chi connectivity index (χ3n) is 2.59. The number of aromatic carboxylic acids is 1. The van der Waals surface area contributed by atoms with Crippen molar-refractivity contribution >= 4 is 16.7 Å². The molecule has 0 atom stereocenters. The van der Waals surface area contributed by atoms with E-state index in [0.717, 1.165) is 12.0 Å².